The molecule has 1 fully saturated rings. The van der Waals surface area contributed by atoms with E-state index in [2.05, 4.69) is 34.9 Å². The van der Waals surface area contributed by atoms with Gasteiger partial charge >= 0.3 is 12.1 Å². The zero-order chi connectivity index (χ0) is 24.9. The highest BCUT2D eigenvalue weighted by molar-refractivity contribution is 5.86. The molecule has 0 radical (unpaired) electrons. The van der Waals surface area contributed by atoms with Crippen molar-refractivity contribution in [2.24, 2.45) is 11.8 Å². The number of carboxylic acid groups (broad SMARTS) is 1. The Kier molecular flexibility index (Phi) is 7.73. The van der Waals surface area contributed by atoms with Crippen LogP contribution >= 0.6 is 0 Å². The lowest BCUT2D eigenvalue weighted by molar-refractivity contribution is -0.144. The van der Waals surface area contributed by atoms with Gasteiger partial charge in [-0.2, -0.15) is 0 Å². The molecule has 0 aromatic heterocycles. The van der Waals surface area contributed by atoms with Gasteiger partial charge in [0.05, 0.1) is 5.92 Å². The molecule has 2 aromatic carbocycles. The number of nitrogens with one attached hydrogen (secondary N) is 2. The molecule has 0 bridgehead atoms. The number of aliphatic carboxylic acids is 1. The van der Waals surface area contributed by atoms with Crippen molar-refractivity contribution in [1.29, 1.82) is 0 Å². The van der Waals surface area contributed by atoms with Gasteiger partial charge in [-0.1, -0.05) is 81.6 Å². The highest BCUT2D eigenvalue weighted by Gasteiger charge is 2.35. The molecule has 0 heterocycles. The molecule has 35 heavy (non-hydrogen) atoms. The van der Waals surface area contributed by atoms with Crippen molar-refractivity contribution < 1.29 is 24.2 Å². The van der Waals surface area contributed by atoms with Crippen LogP contribution in [0.3, 0.4) is 0 Å². The Hall–Kier alpha value is -3.35. The lowest BCUT2D eigenvalue weighted by Crippen LogP contribution is -2.51. The molecule has 3 N–H and O–H groups in total. The van der Waals surface area contributed by atoms with Gasteiger partial charge in [0, 0.05) is 12.0 Å². The second-order valence-electron chi connectivity index (χ2n) is 9.89. The number of carboxylic acids is 1. The fourth-order valence-corrected chi connectivity index (χ4v) is 5.36. The summed E-state index contributed by atoms with van der Waals surface area (Å²) in [7, 11) is 0. The maximum Gasteiger partial charge on any atom is 0.407 e. The number of carbonyl (C=O) groups is 3. The largest absolute Gasteiger partial charge is 0.480 e. The minimum atomic E-state index is -1.05. The summed E-state index contributed by atoms with van der Waals surface area (Å²) in [6, 6.07) is 15.0. The number of fused-ring (bicyclic) bond motifs is 3. The van der Waals surface area contributed by atoms with Crippen LogP contribution in [0, 0.1) is 11.8 Å². The fourth-order valence-electron chi connectivity index (χ4n) is 5.36. The molecule has 1 unspecified atom stereocenters. The molecular formula is C28H34N2O5. The van der Waals surface area contributed by atoms with Crippen molar-refractivity contribution in [2.75, 3.05) is 6.61 Å². The summed E-state index contributed by atoms with van der Waals surface area (Å²) in [5.41, 5.74) is 4.61. The zero-order valence-corrected chi connectivity index (χ0v) is 20.3. The van der Waals surface area contributed by atoms with Gasteiger partial charge in [0.25, 0.3) is 0 Å². The van der Waals surface area contributed by atoms with Crippen molar-refractivity contribution in [2.45, 2.75) is 64.0 Å². The minimum absolute atomic E-state index is 0.0382. The summed E-state index contributed by atoms with van der Waals surface area (Å²) >= 11 is 0. The molecule has 0 saturated heterocycles. The molecule has 3 atom stereocenters. The van der Waals surface area contributed by atoms with Crippen LogP contribution in [0.15, 0.2) is 48.5 Å². The van der Waals surface area contributed by atoms with Gasteiger partial charge in [-0.25, -0.2) is 9.59 Å². The third-order valence-corrected chi connectivity index (χ3v) is 7.23. The van der Waals surface area contributed by atoms with Crippen molar-refractivity contribution in [3.63, 3.8) is 0 Å². The van der Waals surface area contributed by atoms with Crippen LogP contribution in [0.5, 0.6) is 0 Å². The Morgan fingerprint density at radius 3 is 2.14 bits per heavy atom. The molecule has 0 aliphatic heterocycles. The van der Waals surface area contributed by atoms with Crippen molar-refractivity contribution in [3.05, 3.63) is 59.7 Å². The van der Waals surface area contributed by atoms with Crippen LogP contribution in [0.2, 0.25) is 0 Å². The zero-order valence-electron chi connectivity index (χ0n) is 20.3. The molecule has 2 aromatic rings. The lowest BCUT2D eigenvalue weighted by atomic mass is 9.92. The van der Waals surface area contributed by atoms with Crippen molar-refractivity contribution >= 4 is 18.0 Å². The van der Waals surface area contributed by atoms with E-state index in [1.807, 2.05) is 24.3 Å². The molecule has 2 aliphatic carbocycles. The van der Waals surface area contributed by atoms with E-state index in [0.29, 0.717) is 12.8 Å². The Labute approximate surface area is 206 Å². The molecule has 2 amide bonds. The number of carbonyl (C=O) groups excluding carboxylic acids is 2. The Morgan fingerprint density at radius 2 is 1.54 bits per heavy atom. The number of hydrogen-bond acceptors (Lipinski definition) is 4. The maximum atomic E-state index is 13.0. The quantitative estimate of drug-likeness (QED) is 0.501. The number of ether oxygens (including phenoxy) is 1. The number of benzene rings is 2. The molecule has 2 aliphatic rings. The average molecular weight is 479 g/mol. The van der Waals surface area contributed by atoms with Gasteiger partial charge < -0.3 is 20.5 Å². The van der Waals surface area contributed by atoms with Gasteiger partial charge in [-0.15, -0.1) is 0 Å². The van der Waals surface area contributed by atoms with Gasteiger partial charge in [0.1, 0.15) is 12.6 Å². The molecule has 4 rings (SSSR count). The number of amides is 2. The highest BCUT2D eigenvalue weighted by Crippen LogP contribution is 2.44. The second kappa shape index (κ2) is 10.9. The second-order valence-corrected chi connectivity index (χ2v) is 9.89. The third-order valence-electron chi connectivity index (χ3n) is 7.23. The van der Waals surface area contributed by atoms with E-state index >= 15 is 0 Å². The van der Waals surface area contributed by atoms with Crippen LogP contribution < -0.4 is 10.6 Å². The van der Waals surface area contributed by atoms with Gasteiger partial charge in [-0.3, -0.25) is 4.79 Å². The van der Waals surface area contributed by atoms with E-state index in [9.17, 15) is 19.5 Å². The van der Waals surface area contributed by atoms with Crippen molar-refractivity contribution in [1.82, 2.24) is 10.6 Å². The first-order chi connectivity index (χ1) is 16.9. The van der Waals surface area contributed by atoms with Crippen LogP contribution in [-0.2, 0) is 14.3 Å². The van der Waals surface area contributed by atoms with Gasteiger partial charge in [-0.05, 0) is 41.0 Å². The van der Waals surface area contributed by atoms with E-state index in [1.165, 1.54) is 0 Å². The summed E-state index contributed by atoms with van der Waals surface area (Å²) in [6.07, 6.45) is 3.44. The topological polar surface area (TPSA) is 105 Å². The first-order valence-corrected chi connectivity index (χ1v) is 12.5. The summed E-state index contributed by atoms with van der Waals surface area (Å²) in [4.78, 5) is 37.5. The normalized spacial score (nSPS) is 20.3. The molecule has 0 spiro atoms. The first kappa shape index (κ1) is 24.8. The van der Waals surface area contributed by atoms with Crippen LogP contribution in [-0.4, -0.2) is 41.8 Å². The predicted octanol–water partition coefficient (Wildman–Crippen LogP) is 4.70. The third kappa shape index (κ3) is 5.50. The van der Waals surface area contributed by atoms with Crippen LogP contribution in [0.1, 0.15) is 63.0 Å². The highest BCUT2D eigenvalue weighted by atomic mass is 16.5. The van der Waals surface area contributed by atoms with E-state index in [0.717, 1.165) is 41.5 Å². The smallest absolute Gasteiger partial charge is 0.407 e. The number of hydrogen-bond donors (Lipinski definition) is 3. The molecule has 186 valence electrons. The summed E-state index contributed by atoms with van der Waals surface area (Å²) in [6.45, 7) is 3.73. The SMILES string of the molecule is CC(C)C(NC(=O)[C@@H]1CCCCC[C@@H]1NC(=O)OCC1c2ccccc2-c2ccccc21)C(=O)O. The van der Waals surface area contributed by atoms with E-state index < -0.39 is 30.1 Å². The molecule has 7 nitrogen and oxygen atoms in total. The summed E-state index contributed by atoms with van der Waals surface area (Å²) < 4.78 is 5.69. The van der Waals surface area contributed by atoms with E-state index in [1.54, 1.807) is 13.8 Å². The number of rotatable bonds is 7. The molecule has 1 saturated carbocycles. The van der Waals surface area contributed by atoms with Crippen molar-refractivity contribution in [3.8, 4) is 11.1 Å². The molecular weight excluding hydrogens is 444 g/mol. The minimum Gasteiger partial charge on any atom is -0.480 e. The van der Waals surface area contributed by atoms with Crippen LogP contribution in [0.25, 0.3) is 11.1 Å². The monoisotopic (exact) mass is 478 g/mol. The predicted molar refractivity (Wildman–Crippen MR) is 133 cm³/mol. The maximum absolute atomic E-state index is 13.0. The van der Waals surface area contributed by atoms with E-state index in [-0.39, 0.29) is 24.3 Å². The first-order valence-electron chi connectivity index (χ1n) is 12.5. The average Bonchev–Trinajstić information content (AvgIpc) is 2.97. The van der Waals surface area contributed by atoms with Gasteiger partial charge in [0.15, 0.2) is 0 Å². The van der Waals surface area contributed by atoms with Crippen LogP contribution in [0.4, 0.5) is 4.79 Å². The van der Waals surface area contributed by atoms with E-state index in [4.69, 9.17) is 4.74 Å². The Bertz CT molecular complexity index is 1040. The summed E-state index contributed by atoms with van der Waals surface area (Å²) in [5, 5.41) is 15.1. The lowest BCUT2D eigenvalue weighted by Gasteiger charge is -2.27. The summed E-state index contributed by atoms with van der Waals surface area (Å²) in [5.74, 6) is -2.14. The fraction of sp³-hybridized carbons (Fsp3) is 0.464. The Morgan fingerprint density at radius 1 is 0.943 bits per heavy atom. The Balaban J connectivity index is 1.42. The standard InChI is InChI=1S/C28H34N2O5/c1-17(2)25(27(32)33)30-26(31)22-14-4-3-5-15-24(22)29-28(34)35-16-23-20-12-8-6-10-18(20)19-11-7-9-13-21(19)23/h6-13,17,22-25H,3-5,14-16H2,1-2H3,(H,29,34)(H,30,31)(H,32,33)/t22-,24+,25?/m1/s1. The number of alkyl carbamates (subject to hydrolysis) is 1. The van der Waals surface area contributed by atoms with Gasteiger partial charge in [0.2, 0.25) is 5.91 Å². The molecule has 7 heteroatoms.